The van der Waals surface area contributed by atoms with Crippen LogP contribution >= 0.6 is 11.8 Å². The van der Waals surface area contributed by atoms with Crippen LogP contribution in [0.4, 0.5) is 0 Å². The summed E-state index contributed by atoms with van der Waals surface area (Å²) in [4.78, 5) is 19.3. The summed E-state index contributed by atoms with van der Waals surface area (Å²) in [5.41, 5.74) is 0.963. The quantitative estimate of drug-likeness (QED) is 0.576. The molecule has 1 saturated carbocycles. The Labute approximate surface area is 189 Å². The summed E-state index contributed by atoms with van der Waals surface area (Å²) in [7, 11) is 0. The zero-order valence-electron chi connectivity index (χ0n) is 18.3. The first-order valence-corrected chi connectivity index (χ1v) is 12.8. The highest BCUT2D eigenvalue weighted by molar-refractivity contribution is 7.99. The number of thioether (sulfide) groups is 1. The number of amides is 1. The van der Waals surface area contributed by atoms with E-state index >= 15 is 0 Å². The van der Waals surface area contributed by atoms with Crippen LogP contribution < -0.4 is 5.32 Å². The van der Waals surface area contributed by atoms with Crippen molar-refractivity contribution in [1.82, 2.24) is 20.4 Å². The smallest absolute Gasteiger partial charge is 0.241 e. The summed E-state index contributed by atoms with van der Waals surface area (Å²) < 4.78 is 5.43. The van der Waals surface area contributed by atoms with Gasteiger partial charge < -0.3 is 9.84 Å². The lowest BCUT2D eigenvalue weighted by Gasteiger charge is -2.30. The van der Waals surface area contributed by atoms with Crippen molar-refractivity contribution < 1.29 is 9.32 Å². The number of rotatable bonds is 9. The molecular formula is C24H34N4O2S. The van der Waals surface area contributed by atoms with Crippen LogP contribution in [0.1, 0.15) is 57.3 Å². The summed E-state index contributed by atoms with van der Waals surface area (Å²) in [5.74, 6) is 2.79. The van der Waals surface area contributed by atoms with Gasteiger partial charge in [0.15, 0.2) is 0 Å². The highest BCUT2D eigenvalue weighted by Crippen LogP contribution is 2.28. The zero-order valence-corrected chi connectivity index (χ0v) is 19.1. The first-order chi connectivity index (χ1) is 15.3. The molecule has 6 nitrogen and oxygen atoms in total. The molecule has 2 heterocycles. The second kappa shape index (κ2) is 11.7. The van der Waals surface area contributed by atoms with Crippen molar-refractivity contribution >= 4 is 17.7 Å². The molecule has 1 saturated heterocycles. The van der Waals surface area contributed by atoms with Gasteiger partial charge in [-0.3, -0.25) is 9.69 Å². The summed E-state index contributed by atoms with van der Waals surface area (Å²) >= 11 is 2.11. The van der Waals surface area contributed by atoms with E-state index < -0.39 is 0 Å². The molecule has 1 aromatic heterocycles. The number of carbonyl (C=O) groups excluding carboxylic acids is 1. The molecule has 0 spiro atoms. The Morgan fingerprint density at radius 2 is 1.87 bits per heavy atom. The van der Waals surface area contributed by atoms with E-state index in [1.54, 1.807) is 0 Å². The van der Waals surface area contributed by atoms with Gasteiger partial charge >= 0.3 is 0 Å². The Kier molecular flexibility index (Phi) is 8.41. The molecule has 7 heteroatoms. The largest absolute Gasteiger partial charge is 0.356 e. The minimum absolute atomic E-state index is 0.129. The van der Waals surface area contributed by atoms with Gasteiger partial charge in [-0.2, -0.15) is 16.7 Å². The van der Waals surface area contributed by atoms with Crippen LogP contribution in [-0.4, -0.2) is 51.6 Å². The van der Waals surface area contributed by atoms with Crippen molar-refractivity contribution in [3.05, 3.63) is 36.2 Å². The molecule has 168 valence electrons. The van der Waals surface area contributed by atoms with Crippen molar-refractivity contribution in [1.29, 1.82) is 0 Å². The second-order valence-corrected chi connectivity index (χ2v) is 10.1. The number of piperidine rings is 1. The predicted octanol–water partition coefficient (Wildman–Crippen LogP) is 4.52. The van der Waals surface area contributed by atoms with Gasteiger partial charge in [0.05, 0.1) is 6.54 Å². The fraction of sp³-hybridized carbons (Fsp3) is 0.625. The highest BCUT2D eigenvalue weighted by atomic mass is 32.2. The number of nitrogens with one attached hydrogen (secondary N) is 1. The Bertz CT molecular complexity index is 799. The maximum Gasteiger partial charge on any atom is 0.241 e. The minimum Gasteiger partial charge on any atom is -0.356 e. The van der Waals surface area contributed by atoms with Crippen molar-refractivity contribution in [3.8, 4) is 11.4 Å². The van der Waals surface area contributed by atoms with E-state index in [1.165, 1.54) is 37.9 Å². The van der Waals surface area contributed by atoms with E-state index in [-0.39, 0.29) is 11.8 Å². The molecule has 0 atom stereocenters. The lowest BCUT2D eigenvalue weighted by molar-refractivity contribution is -0.126. The third kappa shape index (κ3) is 6.81. The molecule has 0 bridgehead atoms. The molecule has 1 aliphatic heterocycles. The van der Waals surface area contributed by atoms with Crippen LogP contribution in [0.5, 0.6) is 0 Å². The van der Waals surface area contributed by atoms with E-state index in [0.717, 1.165) is 49.7 Å². The van der Waals surface area contributed by atoms with Crippen LogP contribution in [0, 0.1) is 5.92 Å². The predicted molar refractivity (Wildman–Crippen MR) is 125 cm³/mol. The van der Waals surface area contributed by atoms with Crippen molar-refractivity contribution in [2.24, 2.45) is 5.92 Å². The number of aromatic nitrogens is 2. The van der Waals surface area contributed by atoms with E-state index in [9.17, 15) is 4.79 Å². The van der Waals surface area contributed by atoms with Gasteiger partial charge in [-0.15, -0.1) is 0 Å². The molecule has 4 rings (SSSR count). The molecule has 2 fully saturated rings. The fourth-order valence-electron chi connectivity index (χ4n) is 4.48. The van der Waals surface area contributed by atoms with Crippen molar-refractivity contribution in [3.63, 3.8) is 0 Å². The zero-order chi connectivity index (χ0) is 21.3. The molecule has 0 radical (unpaired) electrons. The molecule has 1 aromatic carbocycles. The molecule has 2 aliphatic rings. The molecule has 0 unspecified atom stereocenters. The Hall–Kier alpha value is -1.86. The van der Waals surface area contributed by atoms with Gasteiger partial charge in [0, 0.05) is 23.3 Å². The molecule has 31 heavy (non-hydrogen) atoms. The SMILES string of the molecule is O=C(NCCCSC1CCCCC1)C1CCN(Cc2nc(-c3ccccc3)no2)CC1. The summed E-state index contributed by atoms with van der Waals surface area (Å²) in [6.45, 7) is 3.23. The third-order valence-electron chi connectivity index (χ3n) is 6.34. The number of hydrogen-bond acceptors (Lipinski definition) is 6. The fourth-order valence-corrected chi connectivity index (χ4v) is 5.79. The average molecular weight is 443 g/mol. The van der Waals surface area contributed by atoms with Crippen LogP contribution in [0.3, 0.4) is 0 Å². The van der Waals surface area contributed by atoms with Crippen LogP contribution in [0.25, 0.3) is 11.4 Å². The van der Waals surface area contributed by atoms with Gasteiger partial charge in [-0.25, -0.2) is 0 Å². The number of nitrogens with zero attached hydrogens (tertiary/aromatic N) is 3. The Morgan fingerprint density at radius 3 is 2.65 bits per heavy atom. The van der Waals surface area contributed by atoms with Gasteiger partial charge in [0.1, 0.15) is 0 Å². The number of carbonyl (C=O) groups is 1. The lowest BCUT2D eigenvalue weighted by Crippen LogP contribution is -2.40. The maximum atomic E-state index is 12.5. The Balaban J connectivity index is 1.11. The minimum atomic E-state index is 0.129. The van der Waals surface area contributed by atoms with Crippen molar-refractivity contribution in [2.45, 2.75) is 63.2 Å². The van der Waals surface area contributed by atoms with Crippen LogP contribution in [0.15, 0.2) is 34.9 Å². The standard InChI is InChI=1S/C24H34N4O2S/c29-24(25-14-7-17-31-21-10-5-2-6-11-21)20-12-15-28(16-13-20)18-22-26-23(27-30-22)19-8-3-1-4-9-19/h1,3-4,8-9,20-21H,2,5-7,10-18H2,(H,25,29). The molecule has 1 aliphatic carbocycles. The molecule has 2 aromatic rings. The number of benzene rings is 1. The molecular weight excluding hydrogens is 408 g/mol. The van der Waals surface area contributed by atoms with Crippen LogP contribution in [0.2, 0.25) is 0 Å². The summed E-state index contributed by atoms with van der Waals surface area (Å²) in [6, 6.07) is 9.87. The summed E-state index contributed by atoms with van der Waals surface area (Å²) in [5, 5.41) is 8.12. The molecule has 1 amide bonds. The van der Waals surface area contributed by atoms with Crippen molar-refractivity contribution in [2.75, 3.05) is 25.4 Å². The van der Waals surface area contributed by atoms with Gasteiger partial charge in [-0.05, 0) is 50.9 Å². The number of hydrogen-bond donors (Lipinski definition) is 1. The third-order valence-corrected chi connectivity index (χ3v) is 7.81. The monoisotopic (exact) mass is 442 g/mol. The normalized spacial score (nSPS) is 18.8. The molecule has 1 N–H and O–H groups in total. The Morgan fingerprint density at radius 1 is 1.10 bits per heavy atom. The van der Waals surface area contributed by atoms with E-state index in [1.807, 2.05) is 30.3 Å². The maximum absolute atomic E-state index is 12.5. The lowest BCUT2D eigenvalue weighted by atomic mass is 9.96. The summed E-state index contributed by atoms with van der Waals surface area (Å²) in [6.07, 6.45) is 9.83. The second-order valence-electron chi connectivity index (χ2n) is 8.70. The van der Waals surface area contributed by atoms with Gasteiger partial charge in [0.25, 0.3) is 0 Å². The van der Waals surface area contributed by atoms with Gasteiger partial charge in [-0.1, -0.05) is 54.8 Å². The topological polar surface area (TPSA) is 71.3 Å². The average Bonchev–Trinajstić information content (AvgIpc) is 3.29. The van der Waals surface area contributed by atoms with E-state index in [0.29, 0.717) is 18.3 Å². The van der Waals surface area contributed by atoms with Gasteiger partial charge in [0.2, 0.25) is 17.6 Å². The van der Waals surface area contributed by atoms with Crippen LogP contribution in [-0.2, 0) is 11.3 Å². The number of likely N-dealkylation sites (tertiary alicyclic amines) is 1. The van der Waals surface area contributed by atoms with E-state index in [4.69, 9.17) is 4.52 Å². The van der Waals surface area contributed by atoms with E-state index in [2.05, 4.69) is 32.1 Å². The first kappa shape index (κ1) is 22.3. The first-order valence-electron chi connectivity index (χ1n) is 11.8. The highest BCUT2D eigenvalue weighted by Gasteiger charge is 2.25.